The van der Waals surface area contributed by atoms with E-state index in [1.807, 2.05) is 18.2 Å². The molecule has 55 heavy (non-hydrogen) atoms. The highest BCUT2D eigenvalue weighted by molar-refractivity contribution is 7.92. The highest BCUT2D eigenvalue weighted by atomic mass is 35.5. The van der Waals surface area contributed by atoms with Gasteiger partial charge in [-0.25, -0.2) is 9.00 Å². The second-order valence-electron chi connectivity index (χ2n) is 16.0. The SMILES string of the molecule is CO[C@H]1/C=C/CCC[S@@](=O)(NC(=O)COC2CCN(C(=O)N(C)C)CC2)=NC(=O)c2ccc3c(c2)N(C[C@@H]2CC[C@H]21)C[C@@]1(CCCc2cc(Cl)ccc21)CO3. The van der Waals surface area contributed by atoms with E-state index in [0.717, 1.165) is 49.4 Å². The first-order valence-electron chi connectivity index (χ1n) is 19.6. The van der Waals surface area contributed by atoms with Crippen LogP contribution in [0.5, 0.6) is 5.75 Å². The van der Waals surface area contributed by atoms with Crippen LogP contribution in [0.2, 0.25) is 5.02 Å². The molecule has 1 N–H and O–H groups in total. The number of allylic oxidation sites excluding steroid dienone is 1. The van der Waals surface area contributed by atoms with Crippen molar-refractivity contribution in [3.05, 3.63) is 70.3 Å². The normalized spacial score (nSPS) is 29.1. The van der Waals surface area contributed by atoms with Gasteiger partial charge in [0.05, 0.1) is 30.3 Å². The lowest BCUT2D eigenvalue weighted by Crippen LogP contribution is -2.49. The van der Waals surface area contributed by atoms with E-state index in [0.29, 0.717) is 69.5 Å². The largest absolute Gasteiger partial charge is 0.490 e. The molecule has 2 aromatic carbocycles. The molecule has 298 valence electrons. The lowest BCUT2D eigenvalue weighted by atomic mass is 9.68. The number of methoxy groups -OCH3 is 1. The number of carbonyl (C=O) groups is 3. The van der Waals surface area contributed by atoms with Gasteiger partial charge in [0.15, 0.2) is 0 Å². The fraction of sp³-hybridized carbons (Fsp3) is 0.585. The van der Waals surface area contributed by atoms with Gasteiger partial charge in [-0.3, -0.25) is 14.3 Å². The van der Waals surface area contributed by atoms with Gasteiger partial charge in [0.25, 0.3) is 11.8 Å². The molecule has 2 fully saturated rings. The van der Waals surface area contributed by atoms with Gasteiger partial charge in [0.1, 0.15) is 22.3 Å². The summed E-state index contributed by atoms with van der Waals surface area (Å²) in [6.07, 6.45) is 11.2. The van der Waals surface area contributed by atoms with Gasteiger partial charge in [-0.05, 0) is 111 Å². The van der Waals surface area contributed by atoms with Crippen LogP contribution in [-0.2, 0) is 36.0 Å². The lowest BCUT2D eigenvalue weighted by molar-refractivity contribution is -0.126. The number of hydrogen-bond acceptors (Lipinski definition) is 8. The average Bonchev–Trinajstić information content (AvgIpc) is 3.31. The Balaban J connectivity index is 1.15. The molecule has 1 spiro atoms. The Morgan fingerprint density at radius 2 is 1.93 bits per heavy atom. The standard InChI is InChI=1S/C41H54ClN5O7S/c1-45(2)40(50)46-19-16-32(17-20-46)53-25-38(48)43-55(51)21-6-4-5-9-36(52-3)33-13-10-30(33)24-47-26-41(18-7-8-28-22-31(42)12-14-34(28)41)27-54-37-15-11-29(23-35(37)47)39(49)44-55/h5,9,11-12,14-15,22-23,30,32-33,36H,4,6-8,10,13,16-21,24-27H2,1-3H3,(H,43,44,48,49,51)/b9-5+/t30-,33+,36-,41-,55+/m0/s1. The van der Waals surface area contributed by atoms with E-state index in [2.05, 4.69) is 38.3 Å². The molecule has 0 aromatic heterocycles. The fourth-order valence-corrected chi connectivity index (χ4v) is 10.8. The Morgan fingerprint density at radius 3 is 2.67 bits per heavy atom. The molecule has 12 nitrogen and oxygen atoms in total. The van der Waals surface area contributed by atoms with Crippen molar-refractivity contribution in [2.75, 3.05) is 71.3 Å². The van der Waals surface area contributed by atoms with Crippen molar-refractivity contribution >= 4 is 45.0 Å². The third kappa shape index (κ3) is 8.85. The van der Waals surface area contributed by atoms with Crippen molar-refractivity contribution < 1.29 is 32.8 Å². The molecule has 2 bridgehead atoms. The first-order chi connectivity index (χ1) is 26.5. The van der Waals surface area contributed by atoms with Crippen LogP contribution in [0.4, 0.5) is 10.5 Å². The third-order valence-corrected chi connectivity index (χ3v) is 14.2. The zero-order chi connectivity index (χ0) is 38.7. The van der Waals surface area contributed by atoms with E-state index >= 15 is 0 Å². The third-order valence-electron chi connectivity index (χ3n) is 12.1. The molecule has 5 aliphatic rings. The Bertz CT molecular complexity index is 1920. The maximum Gasteiger partial charge on any atom is 0.319 e. The summed E-state index contributed by atoms with van der Waals surface area (Å²) in [5, 5.41) is 0.733. The number of benzene rings is 2. The first-order valence-corrected chi connectivity index (χ1v) is 21.7. The van der Waals surface area contributed by atoms with Crippen molar-refractivity contribution in [1.82, 2.24) is 14.5 Å². The number of hydrogen-bond donors (Lipinski definition) is 1. The summed E-state index contributed by atoms with van der Waals surface area (Å²) in [5.74, 6) is 0.140. The Kier molecular flexibility index (Phi) is 12.1. The highest BCUT2D eigenvalue weighted by Gasteiger charge is 2.44. The zero-order valence-corrected chi connectivity index (χ0v) is 33.7. The predicted molar refractivity (Wildman–Crippen MR) is 213 cm³/mol. The van der Waals surface area contributed by atoms with E-state index in [4.69, 9.17) is 25.8 Å². The monoisotopic (exact) mass is 795 g/mol. The van der Waals surface area contributed by atoms with Gasteiger partial charge in [0, 0.05) is 63.4 Å². The van der Waals surface area contributed by atoms with Crippen molar-refractivity contribution in [3.63, 3.8) is 0 Å². The minimum absolute atomic E-state index is 0.00429. The Labute approximate surface area is 330 Å². The number of amides is 4. The van der Waals surface area contributed by atoms with Crippen LogP contribution >= 0.6 is 11.6 Å². The lowest BCUT2D eigenvalue weighted by Gasteiger charge is -2.46. The molecular formula is C41H54ClN5O7S. The van der Waals surface area contributed by atoms with E-state index in [1.165, 1.54) is 11.1 Å². The number of anilines is 1. The van der Waals surface area contributed by atoms with E-state index in [-0.39, 0.29) is 41.6 Å². The number of halogens is 1. The molecule has 4 amide bonds. The van der Waals surface area contributed by atoms with E-state index in [9.17, 15) is 18.6 Å². The molecule has 1 saturated carbocycles. The van der Waals surface area contributed by atoms with Gasteiger partial charge in [-0.2, -0.15) is 0 Å². The number of ether oxygens (including phenoxy) is 3. The Morgan fingerprint density at radius 1 is 1.11 bits per heavy atom. The predicted octanol–water partition coefficient (Wildman–Crippen LogP) is 6.01. The minimum atomic E-state index is -3.51. The van der Waals surface area contributed by atoms with Crippen LogP contribution in [0.1, 0.15) is 72.9 Å². The van der Waals surface area contributed by atoms with Crippen LogP contribution in [0.3, 0.4) is 0 Å². The van der Waals surface area contributed by atoms with Gasteiger partial charge in [-0.15, -0.1) is 4.36 Å². The zero-order valence-electron chi connectivity index (χ0n) is 32.2. The smallest absolute Gasteiger partial charge is 0.319 e. The molecule has 1 saturated heterocycles. The molecule has 0 unspecified atom stereocenters. The fourth-order valence-electron chi connectivity index (χ4n) is 9.01. The summed E-state index contributed by atoms with van der Waals surface area (Å²) in [4.78, 5) is 45.2. The van der Waals surface area contributed by atoms with Crippen LogP contribution < -0.4 is 14.4 Å². The number of aryl methyl sites for hydroxylation is 1. The number of fused-ring (bicyclic) bond motifs is 4. The molecule has 3 heterocycles. The average molecular weight is 796 g/mol. The number of carbonyl (C=O) groups excluding carboxylic acids is 3. The van der Waals surface area contributed by atoms with Crippen molar-refractivity contribution in [1.29, 1.82) is 0 Å². The van der Waals surface area contributed by atoms with Crippen LogP contribution in [0.15, 0.2) is 52.9 Å². The molecule has 3 aliphatic heterocycles. The van der Waals surface area contributed by atoms with Gasteiger partial charge in [0.2, 0.25) is 0 Å². The van der Waals surface area contributed by atoms with Gasteiger partial charge in [-0.1, -0.05) is 29.8 Å². The molecule has 7 rings (SSSR count). The molecule has 2 aliphatic carbocycles. The molecular weight excluding hydrogens is 742 g/mol. The van der Waals surface area contributed by atoms with E-state index < -0.39 is 21.7 Å². The number of nitrogens with one attached hydrogen (secondary N) is 1. The maximum atomic E-state index is 14.4. The number of likely N-dealkylation sites (tertiary alicyclic amines) is 1. The van der Waals surface area contributed by atoms with Gasteiger partial charge < -0.3 is 28.9 Å². The molecule has 14 heteroatoms. The van der Waals surface area contributed by atoms with Crippen molar-refractivity contribution in [2.24, 2.45) is 16.2 Å². The van der Waals surface area contributed by atoms with E-state index in [1.54, 1.807) is 37.1 Å². The number of piperidine rings is 1. The Hall–Kier alpha value is -3.65. The summed E-state index contributed by atoms with van der Waals surface area (Å²) < 4.78 is 39.8. The highest BCUT2D eigenvalue weighted by Crippen LogP contribution is 2.47. The molecule has 0 radical (unpaired) electrons. The van der Waals surface area contributed by atoms with Crippen molar-refractivity contribution in [3.8, 4) is 5.75 Å². The quantitative estimate of drug-likeness (QED) is 0.365. The van der Waals surface area contributed by atoms with Crippen LogP contribution in [0.25, 0.3) is 0 Å². The second kappa shape index (κ2) is 16.8. The minimum Gasteiger partial charge on any atom is -0.490 e. The summed E-state index contributed by atoms with van der Waals surface area (Å²) in [6.45, 7) is 2.69. The van der Waals surface area contributed by atoms with Crippen LogP contribution in [0, 0.1) is 11.8 Å². The summed E-state index contributed by atoms with van der Waals surface area (Å²) in [5.41, 5.74) is 3.34. The van der Waals surface area contributed by atoms with Gasteiger partial charge >= 0.3 is 6.03 Å². The summed E-state index contributed by atoms with van der Waals surface area (Å²) in [6, 6.07) is 11.5. The number of nitrogens with zero attached hydrogens (tertiary/aromatic N) is 4. The summed E-state index contributed by atoms with van der Waals surface area (Å²) >= 11 is 6.46. The number of rotatable bonds is 5. The second-order valence-corrected chi connectivity index (χ2v) is 18.5. The topological polar surface area (TPSA) is 130 Å². The molecule has 5 atom stereocenters. The van der Waals surface area contributed by atoms with Crippen LogP contribution in [-0.4, -0.2) is 110 Å². The maximum absolute atomic E-state index is 14.4. The molecule has 2 aromatic rings. The van der Waals surface area contributed by atoms with Crippen molar-refractivity contribution in [2.45, 2.75) is 75.4 Å². The number of urea groups is 1. The first kappa shape index (κ1) is 39.6. The summed E-state index contributed by atoms with van der Waals surface area (Å²) in [7, 11) is 1.68.